The third kappa shape index (κ3) is 3.32. The predicted octanol–water partition coefficient (Wildman–Crippen LogP) is 3.73. The molecule has 1 aliphatic rings. The highest BCUT2D eigenvalue weighted by Crippen LogP contribution is 2.31. The third-order valence-electron chi connectivity index (χ3n) is 4.17. The van der Waals surface area contributed by atoms with E-state index in [0.29, 0.717) is 11.6 Å². The lowest BCUT2D eigenvalue weighted by molar-refractivity contribution is 0.0984. The number of aryl methyl sites for hydroxylation is 1. The Morgan fingerprint density at radius 3 is 2.62 bits per heavy atom. The highest BCUT2D eigenvalue weighted by Gasteiger charge is 2.26. The molecule has 6 heteroatoms. The number of benzene rings is 2. The first kappa shape index (κ1) is 17.0. The quantitative estimate of drug-likeness (QED) is 0.817. The van der Waals surface area contributed by atoms with Crippen molar-refractivity contribution in [2.24, 2.45) is 0 Å². The summed E-state index contributed by atoms with van der Waals surface area (Å²) in [6, 6.07) is 11.8. The molecule has 0 bridgehead atoms. The average molecular weight is 364 g/mol. The molecule has 24 heavy (non-hydrogen) atoms. The third-order valence-corrected chi connectivity index (χ3v) is 5.56. The minimum absolute atomic E-state index is 0.0646. The van der Waals surface area contributed by atoms with E-state index in [1.165, 1.54) is 6.07 Å². The van der Waals surface area contributed by atoms with E-state index in [0.717, 1.165) is 36.8 Å². The number of carbonyl (C=O) groups is 1. The highest BCUT2D eigenvalue weighted by atomic mass is 35.5. The molecule has 1 heterocycles. The Morgan fingerprint density at radius 1 is 1.12 bits per heavy atom. The first-order valence-corrected chi connectivity index (χ1v) is 10.0. The van der Waals surface area contributed by atoms with Crippen LogP contribution in [0.15, 0.2) is 47.4 Å². The van der Waals surface area contributed by atoms with Crippen LogP contribution in [0.4, 0.5) is 5.69 Å². The summed E-state index contributed by atoms with van der Waals surface area (Å²) in [5.41, 5.74) is 2.04. The van der Waals surface area contributed by atoms with Gasteiger partial charge in [-0.15, -0.1) is 0 Å². The van der Waals surface area contributed by atoms with Crippen LogP contribution in [0.5, 0.6) is 0 Å². The maximum Gasteiger partial charge on any atom is 0.259 e. The van der Waals surface area contributed by atoms with Crippen LogP contribution in [-0.4, -0.2) is 27.1 Å². The fourth-order valence-electron chi connectivity index (χ4n) is 3.05. The summed E-state index contributed by atoms with van der Waals surface area (Å²) >= 11 is 6.08. The molecule has 1 amide bonds. The van der Waals surface area contributed by atoms with E-state index >= 15 is 0 Å². The maximum absolute atomic E-state index is 13.1. The number of amides is 1. The smallest absolute Gasteiger partial charge is 0.259 e. The zero-order valence-corrected chi connectivity index (χ0v) is 14.9. The van der Waals surface area contributed by atoms with Crippen LogP contribution < -0.4 is 4.90 Å². The van der Waals surface area contributed by atoms with Gasteiger partial charge in [0, 0.05) is 23.5 Å². The van der Waals surface area contributed by atoms with Crippen LogP contribution in [0.3, 0.4) is 0 Å². The molecule has 0 aliphatic carbocycles. The number of hydrogen-bond donors (Lipinski definition) is 0. The van der Waals surface area contributed by atoms with Crippen molar-refractivity contribution in [3.05, 3.63) is 58.6 Å². The number of halogens is 1. The minimum atomic E-state index is -3.48. The number of rotatable bonds is 2. The van der Waals surface area contributed by atoms with Gasteiger partial charge in [0.15, 0.2) is 9.84 Å². The summed E-state index contributed by atoms with van der Waals surface area (Å²) in [4.78, 5) is 14.8. The number of fused-ring (bicyclic) bond motifs is 1. The largest absolute Gasteiger partial charge is 0.308 e. The van der Waals surface area contributed by atoms with Crippen LogP contribution >= 0.6 is 11.6 Å². The summed E-state index contributed by atoms with van der Waals surface area (Å²) in [5, 5.41) is 0.639. The normalized spacial score (nSPS) is 14.8. The zero-order chi connectivity index (χ0) is 17.3. The van der Waals surface area contributed by atoms with E-state index in [1.54, 1.807) is 29.2 Å². The maximum atomic E-state index is 13.1. The van der Waals surface area contributed by atoms with Crippen molar-refractivity contribution in [2.45, 2.75) is 24.2 Å². The topological polar surface area (TPSA) is 54.5 Å². The van der Waals surface area contributed by atoms with E-state index in [-0.39, 0.29) is 16.4 Å². The molecule has 0 aromatic heterocycles. The van der Waals surface area contributed by atoms with Gasteiger partial charge in [0.2, 0.25) is 0 Å². The molecule has 0 radical (unpaired) electrons. The fraction of sp³-hybridized carbons (Fsp3) is 0.278. The predicted molar refractivity (Wildman–Crippen MR) is 95.6 cm³/mol. The molecule has 0 spiro atoms. The molecular weight excluding hydrogens is 346 g/mol. The SMILES string of the molecule is CS(=O)(=O)c1ccccc1C(=O)N1CCCCc2cc(Cl)ccc21. The molecule has 0 N–H and O–H groups in total. The van der Waals surface area contributed by atoms with E-state index in [9.17, 15) is 13.2 Å². The van der Waals surface area contributed by atoms with Crippen LogP contribution in [0.25, 0.3) is 0 Å². The Hall–Kier alpha value is -1.85. The van der Waals surface area contributed by atoms with Gasteiger partial charge in [0.1, 0.15) is 0 Å². The number of sulfone groups is 1. The Morgan fingerprint density at radius 2 is 1.88 bits per heavy atom. The standard InChI is InChI=1S/C18H18ClNO3S/c1-24(22,23)17-8-3-2-7-15(17)18(21)20-11-5-4-6-13-12-14(19)9-10-16(13)20/h2-3,7-10,12H,4-6,11H2,1H3. The minimum Gasteiger partial charge on any atom is -0.308 e. The van der Waals surface area contributed by atoms with Gasteiger partial charge in [0.05, 0.1) is 10.5 Å². The van der Waals surface area contributed by atoms with E-state index in [2.05, 4.69) is 0 Å². The lowest BCUT2D eigenvalue weighted by Gasteiger charge is -2.24. The van der Waals surface area contributed by atoms with E-state index in [4.69, 9.17) is 11.6 Å². The Labute approximate surface area is 147 Å². The van der Waals surface area contributed by atoms with Gasteiger partial charge in [-0.25, -0.2) is 8.42 Å². The van der Waals surface area contributed by atoms with Crippen molar-refractivity contribution in [2.75, 3.05) is 17.7 Å². The van der Waals surface area contributed by atoms with Crippen LogP contribution in [-0.2, 0) is 16.3 Å². The monoisotopic (exact) mass is 363 g/mol. The molecule has 4 nitrogen and oxygen atoms in total. The van der Waals surface area contributed by atoms with Crippen molar-refractivity contribution in [1.82, 2.24) is 0 Å². The van der Waals surface area contributed by atoms with Gasteiger partial charge >= 0.3 is 0 Å². The number of anilines is 1. The molecule has 126 valence electrons. The molecule has 0 fully saturated rings. The first-order chi connectivity index (χ1) is 11.4. The lowest BCUT2D eigenvalue weighted by atomic mass is 10.1. The summed E-state index contributed by atoms with van der Waals surface area (Å²) in [5.74, 6) is -0.290. The molecule has 3 rings (SSSR count). The number of nitrogens with zero attached hydrogens (tertiary/aromatic N) is 1. The summed E-state index contributed by atoms with van der Waals surface area (Å²) in [6.45, 7) is 0.561. The summed E-state index contributed by atoms with van der Waals surface area (Å²) in [7, 11) is -3.48. The summed E-state index contributed by atoms with van der Waals surface area (Å²) in [6.07, 6.45) is 3.80. The highest BCUT2D eigenvalue weighted by molar-refractivity contribution is 7.90. The Kier molecular flexibility index (Phi) is 4.65. The van der Waals surface area contributed by atoms with Crippen LogP contribution in [0, 0.1) is 0 Å². The van der Waals surface area contributed by atoms with Gasteiger partial charge in [-0.2, -0.15) is 0 Å². The van der Waals surface area contributed by atoms with Gasteiger partial charge in [-0.1, -0.05) is 23.7 Å². The molecule has 2 aromatic carbocycles. The van der Waals surface area contributed by atoms with Gasteiger partial charge < -0.3 is 4.90 Å². The van der Waals surface area contributed by atoms with Crippen molar-refractivity contribution >= 4 is 33.0 Å². The van der Waals surface area contributed by atoms with Crippen LogP contribution in [0.2, 0.25) is 5.02 Å². The second-order valence-corrected chi connectivity index (χ2v) is 8.38. The molecule has 0 atom stereocenters. The molecule has 2 aromatic rings. The first-order valence-electron chi connectivity index (χ1n) is 7.77. The lowest BCUT2D eigenvalue weighted by Crippen LogP contribution is -2.32. The van der Waals surface area contributed by atoms with Crippen molar-refractivity contribution in [1.29, 1.82) is 0 Å². The van der Waals surface area contributed by atoms with Crippen molar-refractivity contribution in [3.8, 4) is 0 Å². The molecule has 0 unspecified atom stereocenters. The fourth-order valence-corrected chi connectivity index (χ4v) is 4.12. The zero-order valence-electron chi connectivity index (χ0n) is 13.3. The molecule has 1 aliphatic heterocycles. The van der Waals surface area contributed by atoms with Gasteiger partial charge in [-0.3, -0.25) is 4.79 Å². The van der Waals surface area contributed by atoms with Crippen molar-refractivity contribution < 1.29 is 13.2 Å². The van der Waals surface area contributed by atoms with Gasteiger partial charge in [0.25, 0.3) is 5.91 Å². The summed E-state index contributed by atoms with van der Waals surface area (Å²) < 4.78 is 24.0. The van der Waals surface area contributed by atoms with Crippen molar-refractivity contribution in [3.63, 3.8) is 0 Å². The number of hydrogen-bond acceptors (Lipinski definition) is 3. The number of carbonyl (C=O) groups excluding carboxylic acids is 1. The van der Waals surface area contributed by atoms with E-state index < -0.39 is 9.84 Å². The second kappa shape index (κ2) is 6.57. The Bertz CT molecular complexity index is 893. The second-order valence-electron chi connectivity index (χ2n) is 5.96. The van der Waals surface area contributed by atoms with E-state index in [1.807, 2.05) is 12.1 Å². The Balaban J connectivity index is 2.09. The average Bonchev–Trinajstić information content (AvgIpc) is 2.75. The molecular formula is C18H18ClNO3S. The van der Waals surface area contributed by atoms with Gasteiger partial charge in [-0.05, 0) is 55.2 Å². The molecule has 0 saturated carbocycles. The molecule has 0 saturated heterocycles. The van der Waals surface area contributed by atoms with Crippen LogP contribution in [0.1, 0.15) is 28.8 Å².